The number of hydrogen-bond acceptors (Lipinski definition) is 4. The SMILES string of the molecule is Cc1nc(NCC2CCC(O)CC2)ccc1N. The third-order valence-corrected chi connectivity index (χ3v) is 3.51. The van der Waals surface area contributed by atoms with E-state index in [1.54, 1.807) is 0 Å². The third-order valence-electron chi connectivity index (χ3n) is 3.51. The lowest BCUT2D eigenvalue weighted by Gasteiger charge is -2.25. The second-order valence-corrected chi connectivity index (χ2v) is 4.93. The highest BCUT2D eigenvalue weighted by molar-refractivity contribution is 5.48. The van der Waals surface area contributed by atoms with E-state index in [9.17, 15) is 5.11 Å². The van der Waals surface area contributed by atoms with E-state index < -0.39 is 0 Å². The van der Waals surface area contributed by atoms with Gasteiger partial charge in [-0.15, -0.1) is 0 Å². The zero-order valence-corrected chi connectivity index (χ0v) is 10.3. The number of nitrogens with two attached hydrogens (primary N) is 1. The minimum absolute atomic E-state index is 0.0804. The van der Waals surface area contributed by atoms with Crippen molar-refractivity contribution in [3.63, 3.8) is 0 Å². The second kappa shape index (κ2) is 5.36. The van der Waals surface area contributed by atoms with Crippen molar-refractivity contribution in [1.29, 1.82) is 0 Å². The van der Waals surface area contributed by atoms with Crippen molar-refractivity contribution in [2.45, 2.75) is 38.7 Å². The van der Waals surface area contributed by atoms with Crippen molar-refractivity contribution in [2.24, 2.45) is 5.92 Å². The molecule has 94 valence electrons. The van der Waals surface area contributed by atoms with Gasteiger partial charge in [-0.1, -0.05) is 0 Å². The predicted octanol–water partition coefficient (Wildman–Crippen LogP) is 1.94. The van der Waals surface area contributed by atoms with Gasteiger partial charge in [0, 0.05) is 6.54 Å². The van der Waals surface area contributed by atoms with Gasteiger partial charge >= 0.3 is 0 Å². The van der Waals surface area contributed by atoms with Gasteiger partial charge in [-0.3, -0.25) is 0 Å². The molecule has 0 amide bonds. The summed E-state index contributed by atoms with van der Waals surface area (Å²) in [4.78, 5) is 4.39. The van der Waals surface area contributed by atoms with E-state index in [-0.39, 0.29) is 6.10 Å². The number of aliphatic hydroxyl groups excluding tert-OH is 1. The number of rotatable bonds is 3. The van der Waals surface area contributed by atoms with E-state index in [4.69, 9.17) is 5.73 Å². The molecule has 0 spiro atoms. The Balaban J connectivity index is 1.83. The van der Waals surface area contributed by atoms with Crippen LogP contribution in [0.15, 0.2) is 12.1 Å². The van der Waals surface area contributed by atoms with Gasteiger partial charge in [-0.05, 0) is 50.7 Å². The molecule has 0 aliphatic heterocycles. The average molecular weight is 235 g/mol. The molecule has 4 N–H and O–H groups in total. The van der Waals surface area contributed by atoms with Crippen molar-refractivity contribution >= 4 is 11.5 Å². The molecule has 1 aromatic rings. The molecule has 1 heterocycles. The number of anilines is 2. The summed E-state index contributed by atoms with van der Waals surface area (Å²) < 4.78 is 0. The lowest BCUT2D eigenvalue weighted by atomic mass is 9.87. The summed E-state index contributed by atoms with van der Waals surface area (Å²) in [6, 6.07) is 3.80. The average Bonchev–Trinajstić information content (AvgIpc) is 2.33. The van der Waals surface area contributed by atoms with Gasteiger partial charge in [-0.2, -0.15) is 0 Å². The summed E-state index contributed by atoms with van der Waals surface area (Å²) in [6.07, 6.45) is 3.98. The first-order valence-electron chi connectivity index (χ1n) is 6.30. The van der Waals surface area contributed by atoms with Crippen LogP contribution >= 0.6 is 0 Å². The Labute approximate surface area is 102 Å². The van der Waals surface area contributed by atoms with Gasteiger partial charge in [0.15, 0.2) is 0 Å². The molecule has 1 aromatic heterocycles. The van der Waals surface area contributed by atoms with E-state index in [1.165, 1.54) is 0 Å². The van der Waals surface area contributed by atoms with E-state index >= 15 is 0 Å². The fourth-order valence-corrected chi connectivity index (χ4v) is 2.27. The Bertz CT molecular complexity index is 373. The zero-order valence-electron chi connectivity index (χ0n) is 10.3. The number of pyridine rings is 1. The van der Waals surface area contributed by atoms with Gasteiger partial charge in [0.05, 0.1) is 17.5 Å². The summed E-state index contributed by atoms with van der Waals surface area (Å²) in [5.74, 6) is 1.54. The zero-order chi connectivity index (χ0) is 12.3. The number of aromatic nitrogens is 1. The van der Waals surface area contributed by atoms with Crippen molar-refractivity contribution in [1.82, 2.24) is 4.98 Å². The first-order chi connectivity index (χ1) is 8.15. The highest BCUT2D eigenvalue weighted by Gasteiger charge is 2.18. The highest BCUT2D eigenvalue weighted by atomic mass is 16.3. The van der Waals surface area contributed by atoms with Gasteiger partial charge < -0.3 is 16.2 Å². The second-order valence-electron chi connectivity index (χ2n) is 4.93. The van der Waals surface area contributed by atoms with Crippen LogP contribution in [0.5, 0.6) is 0 Å². The summed E-state index contributed by atoms with van der Waals surface area (Å²) in [6.45, 7) is 2.85. The fourth-order valence-electron chi connectivity index (χ4n) is 2.27. The van der Waals surface area contributed by atoms with E-state index in [0.717, 1.165) is 49.4 Å². The Morgan fingerprint density at radius 1 is 1.35 bits per heavy atom. The number of nitrogen functional groups attached to an aromatic ring is 1. The van der Waals surface area contributed by atoms with Crippen LogP contribution < -0.4 is 11.1 Å². The van der Waals surface area contributed by atoms with Crippen LogP contribution in [0.2, 0.25) is 0 Å². The third kappa shape index (κ3) is 3.33. The largest absolute Gasteiger partial charge is 0.397 e. The van der Waals surface area contributed by atoms with E-state index in [0.29, 0.717) is 5.92 Å². The molecule has 1 saturated carbocycles. The van der Waals surface area contributed by atoms with Crippen LogP contribution in [0.4, 0.5) is 11.5 Å². The van der Waals surface area contributed by atoms with Crippen LogP contribution in [-0.2, 0) is 0 Å². The van der Waals surface area contributed by atoms with Crippen molar-refractivity contribution in [2.75, 3.05) is 17.6 Å². The molecule has 0 unspecified atom stereocenters. The Hall–Kier alpha value is -1.29. The maximum absolute atomic E-state index is 9.43. The highest BCUT2D eigenvalue weighted by Crippen LogP contribution is 2.24. The fraction of sp³-hybridized carbons (Fsp3) is 0.615. The molecule has 2 rings (SSSR count). The van der Waals surface area contributed by atoms with Crippen LogP contribution in [0.25, 0.3) is 0 Å². The standard InChI is InChI=1S/C13H21N3O/c1-9-12(14)6-7-13(16-9)15-8-10-2-4-11(17)5-3-10/h6-7,10-11,17H,2-5,8,14H2,1H3,(H,15,16). The Kier molecular flexibility index (Phi) is 3.84. The molecule has 4 heteroatoms. The van der Waals surface area contributed by atoms with E-state index in [2.05, 4.69) is 10.3 Å². The topological polar surface area (TPSA) is 71.2 Å². The van der Waals surface area contributed by atoms with Crippen LogP contribution in [0, 0.1) is 12.8 Å². The number of aryl methyl sites for hydroxylation is 1. The molecular weight excluding hydrogens is 214 g/mol. The molecule has 0 bridgehead atoms. The molecule has 1 fully saturated rings. The number of aliphatic hydroxyl groups is 1. The first-order valence-corrected chi connectivity index (χ1v) is 6.30. The van der Waals surface area contributed by atoms with Crippen LogP contribution in [0.1, 0.15) is 31.4 Å². The minimum atomic E-state index is -0.0804. The summed E-state index contributed by atoms with van der Waals surface area (Å²) in [5.41, 5.74) is 7.33. The molecule has 0 saturated heterocycles. The monoisotopic (exact) mass is 235 g/mol. The van der Waals surface area contributed by atoms with Crippen molar-refractivity contribution in [3.8, 4) is 0 Å². The van der Waals surface area contributed by atoms with Crippen molar-refractivity contribution < 1.29 is 5.11 Å². The van der Waals surface area contributed by atoms with Gasteiger partial charge in [0.25, 0.3) is 0 Å². The lowest BCUT2D eigenvalue weighted by Crippen LogP contribution is -2.23. The number of nitrogens with zero attached hydrogens (tertiary/aromatic N) is 1. The molecule has 0 aromatic carbocycles. The Morgan fingerprint density at radius 2 is 2.06 bits per heavy atom. The lowest BCUT2D eigenvalue weighted by molar-refractivity contribution is 0.111. The summed E-state index contributed by atoms with van der Waals surface area (Å²) in [7, 11) is 0. The molecular formula is C13H21N3O. The van der Waals surface area contributed by atoms with Gasteiger partial charge in [0.2, 0.25) is 0 Å². The summed E-state index contributed by atoms with van der Waals surface area (Å²) >= 11 is 0. The molecule has 17 heavy (non-hydrogen) atoms. The van der Waals surface area contributed by atoms with Crippen LogP contribution in [0.3, 0.4) is 0 Å². The maximum atomic E-state index is 9.43. The van der Waals surface area contributed by atoms with Crippen LogP contribution in [-0.4, -0.2) is 22.7 Å². The smallest absolute Gasteiger partial charge is 0.126 e. The predicted molar refractivity (Wildman–Crippen MR) is 69.8 cm³/mol. The number of hydrogen-bond donors (Lipinski definition) is 3. The molecule has 1 aliphatic rings. The molecule has 0 atom stereocenters. The molecule has 4 nitrogen and oxygen atoms in total. The normalized spacial score (nSPS) is 24.6. The molecule has 0 radical (unpaired) electrons. The summed E-state index contributed by atoms with van der Waals surface area (Å²) in [5, 5.41) is 12.8. The number of nitrogens with one attached hydrogen (secondary N) is 1. The first kappa shape index (κ1) is 12.2. The quantitative estimate of drug-likeness (QED) is 0.748. The maximum Gasteiger partial charge on any atom is 0.126 e. The van der Waals surface area contributed by atoms with Crippen molar-refractivity contribution in [3.05, 3.63) is 17.8 Å². The molecule has 1 aliphatic carbocycles. The van der Waals surface area contributed by atoms with Gasteiger partial charge in [-0.25, -0.2) is 4.98 Å². The van der Waals surface area contributed by atoms with Gasteiger partial charge in [0.1, 0.15) is 5.82 Å². The Morgan fingerprint density at radius 3 is 2.71 bits per heavy atom. The van der Waals surface area contributed by atoms with E-state index in [1.807, 2.05) is 19.1 Å². The minimum Gasteiger partial charge on any atom is -0.397 e.